The summed E-state index contributed by atoms with van der Waals surface area (Å²) in [6, 6.07) is 12.9. The molecule has 1 heterocycles. The van der Waals surface area contributed by atoms with E-state index in [1.54, 1.807) is 24.3 Å². The molecule has 0 atom stereocenters. The molecule has 0 saturated heterocycles. The molecule has 24 heavy (non-hydrogen) atoms. The van der Waals surface area contributed by atoms with E-state index in [4.69, 9.17) is 0 Å². The highest BCUT2D eigenvalue weighted by molar-refractivity contribution is 5.34. The summed E-state index contributed by atoms with van der Waals surface area (Å²) in [6.07, 6.45) is -4.46. The molecule has 0 fully saturated rings. The van der Waals surface area contributed by atoms with Gasteiger partial charge in [0.05, 0.1) is 17.8 Å². The molecule has 2 aromatic carbocycles. The molecule has 0 bridgehead atoms. The van der Waals surface area contributed by atoms with Gasteiger partial charge in [0.2, 0.25) is 0 Å². The van der Waals surface area contributed by atoms with E-state index in [-0.39, 0.29) is 12.2 Å². The minimum absolute atomic E-state index is 0.0721. The summed E-state index contributed by atoms with van der Waals surface area (Å²) >= 11 is 0. The quantitative estimate of drug-likeness (QED) is 0.799. The van der Waals surface area contributed by atoms with Crippen molar-refractivity contribution < 1.29 is 13.2 Å². The number of alkyl halides is 3. The van der Waals surface area contributed by atoms with Crippen LogP contribution in [-0.4, -0.2) is 14.3 Å². The number of nitrogens with one attached hydrogen (secondary N) is 1. The second-order valence-corrected chi connectivity index (χ2v) is 5.15. The SMILES string of the molecule is O=c1[nH]n(-c2ccc(C(F)(F)F)cc2)c(=O)n1Cc1ccccc1. The Bertz CT molecular complexity index is 951. The van der Waals surface area contributed by atoms with E-state index in [1.165, 1.54) is 0 Å². The standard InChI is InChI=1S/C16H12F3N3O2/c17-16(18,19)12-6-8-13(9-7-12)22-15(24)21(14(23)20-22)10-11-4-2-1-3-5-11/h1-9H,10H2,(H,20,23). The molecule has 0 aliphatic heterocycles. The zero-order valence-electron chi connectivity index (χ0n) is 12.2. The Morgan fingerprint density at radius 3 is 2.12 bits per heavy atom. The van der Waals surface area contributed by atoms with Gasteiger partial charge in [0.1, 0.15) is 0 Å². The fourth-order valence-electron chi connectivity index (χ4n) is 2.29. The minimum Gasteiger partial charge on any atom is -0.246 e. The van der Waals surface area contributed by atoms with Crippen molar-refractivity contribution in [2.24, 2.45) is 0 Å². The van der Waals surface area contributed by atoms with Crippen molar-refractivity contribution in [2.75, 3.05) is 0 Å². The summed E-state index contributed by atoms with van der Waals surface area (Å²) in [5, 5.41) is 2.34. The first-order chi connectivity index (χ1) is 11.4. The van der Waals surface area contributed by atoms with Crippen LogP contribution in [0.5, 0.6) is 0 Å². The molecular formula is C16H12F3N3O2. The zero-order chi connectivity index (χ0) is 17.3. The Balaban J connectivity index is 1.97. The highest BCUT2D eigenvalue weighted by Crippen LogP contribution is 2.29. The summed E-state index contributed by atoms with van der Waals surface area (Å²) in [5.74, 6) is 0. The molecule has 3 aromatic rings. The number of aromatic nitrogens is 3. The van der Waals surface area contributed by atoms with Crippen molar-refractivity contribution in [3.8, 4) is 5.69 Å². The van der Waals surface area contributed by atoms with Crippen molar-refractivity contribution in [1.29, 1.82) is 0 Å². The molecule has 0 spiro atoms. The molecule has 0 saturated carbocycles. The van der Waals surface area contributed by atoms with E-state index in [1.807, 2.05) is 6.07 Å². The van der Waals surface area contributed by atoms with Gasteiger partial charge in [-0.15, -0.1) is 0 Å². The first-order valence-electron chi connectivity index (χ1n) is 7.00. The van der Waals surface area contributed by atoms with Gasteiger partial charge in [-0.3, -0.25) is 0 Å². The van der Waals surface area contributed by atoms with E-state index in [2.05, 4.69) is 5.10 Å². The van der Waals surface area contributed by atoms with Crippen LogP contribution >= 0.6 is 0 Å². The summed E-state index contributed by atoms with van der Waals surface area (Å²) in [4.78, 5) is 24.3. The third kappa shape index (κ3) is 3.03. The summed E-state index contributed by atoms with van der Waals surface area (Å²) in [6.45, 7) is 0.0721. The number of aromatic amines is 1. The number of nitrogens with zero attached hydrogens (tertiary/aromatic N) is 2. The number of rotatable bonds is 3. The second kappa shape index (κ2) is 5.88. The van der Waals surface area contributed by atoms with Gasteiger partial charge in [-0.2, -0.15) is 13.2 Å². The molecule has 0 aliphatic carbocycles. The zero-order valence-corrected chi connectivity index (χ0v) is 12.2. The number of H-pyrrole nitrogens is 1. The third-order valence-corrected chi connectivity index (χ3v) is 3.51. The minimum atomic E-state index is -4.46. The van der Waals surface area contributed by atoms with E-state index in [9.17, 15) is 22.8 Å². The molecule has 0 aliphatic rings. The second-order valence-electron chi connectivity index (χ2n) is 5.15. The number of hydrogen-bond acceptors (Lipinski definition) is 2. The monoisotopic (exact) mass is 335 g/mol. The van der Waals surface area contributed by atoms with Gasteiger partial charge in [-0.25, -0.2) is 23.9 Å². The van der Waals surface area contributed by atoms with Gasteiger partial charge in [-0.1, -0.05) is 30.3 Å². The van der Waals surface area contributed by atoms with Gasteiger partial charge in [-0.05, 0) is 29.8 Å². The van der Waals surface area contributed by atoms with Crippen LogP contribution in [0, 0.1) is 0 Å². The third-order valence-electron chi connectivity index (χ3n) is 3.51. The van der Waals surface area contributed by atoms with Crippen molar-refractivity contribution in [3.63, 3.8) is 0 Å². The molecule has 8 heteroatoms. The van der Waals surface area contributed by atoms with Crippen LogP contribution in [0.1, 0.15) is 11.1 Å². The first kappa shape index (κ1) is 15.9. The van der Waals surface area contributed by atoms with Crippen LogP contribution in [-0.2, 0) is 12.7 Å². The topological polar surface area (TPSA) is 59.8 Å². The molecule has 0 amide bonds. The average Bonchev–Trinajstić information content (AvgIpc) is 2.83. The van der Waals surface area contributed by atoms with E-state index in [0.717, 1.165) is 39.1 Å². The average molecular weight is 335 g/mol. The molecule has 124 valence electrons. The predicted octanol–water partition coefficient (Wildman–Crippen LogP) is 2.39. The number of benzene rings is 2. The Kier molecular flexibility index (Phi) is 3.88. The van der Waals surface area contributed by atoms with E-state index >= 15 is 0 Å². The number of halogens is 3. The molecule has 1 aromatic heterocycles. The largest absolute Gasteiger partial charge is 0.416 e. The molecular weight excluding hydrogens is 323 g/mol. The van der Waals surface area contributed by atoms with Crippen LogP contribution < -0.4 is 11.4 Å². The Morgan fingerprint density at radius 2 is 1.54 bits per heavy atom. The van der Waals surface area contributed by atoms with E-state index < -0.39 is 23.1 Å². The smallest absolute Gasteiger partial charge is 0.246 e. The first-order valence-corrected chi connectivity index (χ1v) is 7.00. The summed E-state index contributed by atoms with van der Waals surface area (Å²) < 4.78 is 39.6. The maximum absolute atomic E-state index is 12.6. The lowest BCUT2D eigenvalue weighted by atomic mass is 10.2. The van der Waals surface area contributed by atoms with Crippen molar-refractivity contribution >= 4 is 0 Å². The lowest BCUT2D eigenvalue weighted by Crippen LogP contribution is -2.28. The van der Waals surface area contributed by atoms with Gasteiger partial charge in [0, 0.05) is 0 Å². The Morgan fingerprint density at radius 1 is 0.917 bits per heavy atom. The van der Waals surface area contributed by atoms with Crippen LogP contribution in [0.2, 0.25) is 0 Å². The molecule has 3 rings (SSSR count). The highest BCUT2D eigenvalue weighted by atomic mass is 19.4. The fraction of sp³-hybridized carbons (Fsp3) is 0.125. The van der Waals surface area contributed by atoms with Gasteiger partial charge >= 0.3 is 17.6 Å². The van der Waals surface area contributed by atoms with E-state index in [0.29, 0.717) is 0 Å². The van der Waals surface area contributed by atoms with Crippen molar-refractivity contribution in [1.82, 2.24) is 14.3 Å². The predicted molar refractivity (Wildman–Crippen MR) is 81.2 cm³/mol. The maximum atomic E-state index is 12.6. The summed E-state index contributed by atoms with van der Waals surface area (Å²) in [7, 11) is 0. The Hall–Kier alpha value is -3.03. The number of hydrogen-bond donors (Lipinski definition) is 1. The lowest BCUT2D eigenvalue weighted by Gasteiger charge is -2.07. The molecule has 5 nitrogen and oxygen atoms in total. The Labute approximate surface area is 133 Å². The molecule has 0 unspecified atom stereocenters. The fourth-order valence-corrected chi connectivity index (χ4v) is 2.29. The highest BCUT2D eigenvalue weighted by Gasteiger charge is 2.30. The van der Waals surface area contributed by atoms with Crippen LogP contribution in [0.25, 0.3) is 5.69 Å². The van der Waals surface area contributed by atoms with Crippen molar-refractivity contribution in [2.45, 2.75) is 12.7 Å². The van der Waals surface area contributed by atoms with Gasteiger partial charge < -0.3 is 0 Å². The van der Waals surface area contributed by atoms with Crippen molar-refractivity contribution in [3.05, 3.63) is 86.7 Å². The van der Waals surface area contributed by atoms with Crippen LogP contribution in [0.15, 0.2) is 64.2 Å². The maximum Gasteiger partial charge on any atom is 0.416 e. The summed E-state index contributed by atoms with van der Waals surface area (Å²) in [5.41, 5.74) is -1.20. The molecule has 0 radical (unpaired) electrons. The van der Waals surface area contributed by atoms with Gasteiger partial charge in [0.15, 0.2) is 0 Å². The normalized spacial score (nSPS) is 11.6. The van der Waals surface area contributed by atoms with Gasteiger partial charge in [0.25, 0.3) is 0 Å². The van der Waals surface area contributed by atoms with Crippen LogP contribution in [0.3, 0.4) is 0 Å². The van der Waals surface area contributed by atoms with Crippen LogP contribution in [0.4, 0.5) is 13.2 Å². The molecule has 1 N–H and O–H groups in total. The lowest BCUT2D eigenvalue weighted by molar-refractivity contribution is -0.137.